The van der Waals surface area contributed by atoms with E-state index in [4.69, 9.17) is 4.42 Å². The highest BCUT2D eigenvalue weighted by Crippen LogP contribution is 2.19. The number of fused-ring (bicyclic) bond motifs is 1. The Bertz CT molecular complexity index is 656. The fourth-order valence-corrected chi connectivity index (χ4v) is 2.38. The van der Waals surface area contributed by atoms with Gasteiger partial charge in [-0.2, -0.15) is 0 Å². The summed E-state index contributed by atoms with van der Waals surface area (Å²) in [6.07, 6.45) is 1.05. The Labute approximate surface area is 103 Å². The molecule has 1 aromatic heterocycles. The summed E-state index contributed by atoms with van der Waals surface area (Å²) in [5, 5.41) is 0. The summed E-state index contributed by atoms with van der Waals surface area (Å²) in [6, 6.07) is 5.05. The molecule has 1 aliphatic rings. The number of carbonyl (C=O) groups is 1. The lowest BCUT2D eigenvalue weighted by Crippen LogP contribution is -2.28. The summed E-state index contributed by atoms with van der Waals surface area (Å²) in [7, 11) is 0. The van der Waals surface area contributed by atoms with Crippen LogP contribution >= 0.6 is 0 Å². The molecule has 1 amide bonds. The highest BCUT2D eigenvalue weighted by Gasteiger charge is 2.24. The molecule has 0 radical (unpaired) electrons. The number of aromatic nitrogens is 1. The molecule has 0 bridgehead atoms. The lowest BCUT2D eigenvalue weighted by molar-refractivity contribution is 0.0788. The Kier molecular flexibility index (Phi) is 2.47. The maximum absolute atomic E-state index is 12.2. The largest absolute Gasteiger partial charge is 0.417 e. The molecule has 1 aromatic carbocycles. The van der Waals surface area contributed by atoms with E-state index in [9.17, 15) is 9.59 Å². The predicted octanol–water partition coefficient (Wildman–Crippen LogP) is 1.60. The van der Waals surface area contributed by atoms with Crippen LogP contribution in [0.15, 0.2) is 27.4 Å². The molecule has 1 atom stereocenters. The van der Waals surface area contributed by atoms with Gasteiger partial charge in [0.25, 0.3) is 5.91 Å². The van der Waals surface area contributed by atoms with Crippen molar-refractivity contribution in [2.75, 3.05) is 13.1 Å². The molecular formula is C13H14N2O3. The number of carbonyl (C=O) groups excluding carboxylic acids is 1. The van der Waals surface area contributed by atoms with Crippen molar-refractivity contribution in [3.63, 3.8) is 0 Å². The molecule has 94 valence electrons. The third-order valence-corrected chi connectivity index (χ3v) is 3.38. The maximum atomic E-state index is 12.2. The quantitative estimate of drug-likeness (QED) is 0.831. The van der Waals surface area contributed by atoms with E-state index in [1.54, 1.807) is 18.2 Å². The van der Waals surface area contributed by atoms with Crippen LogP contribution in [0.4, 0.5) is 0 Å². The molecule has 2 aromatic rings. The average Bonchev–Trinajstić information content (AvgIpc) is 2.92. The van der Waals surface area contributed by atoms with Crippen LogP contribution in [0.2, 0.25) is 0 Å². The van der Waals surface area contributed by atoms with Gasteiger partial charge in [0.2, 0.25) is 0 Å². The zero-order chi connectivity index (χ0) is 12.7. The molecule has 1 aliphatic heterocycles. The molecule has 1 saturated heterocycles. The standard InChI is InChI=1S/C13H14N2O3/c1-8-4-5-15(7-8)12(16)9-2-3-10-11(6-9)18-13(17)14-10/h2-3,6,8H,4-5,7H2,1H3,(H,14,17). The number of nitrogens with one attached hydrogen (secondary N) is 1. The van der Waals surface area contributed by atoms with Crippen LogP contribution in [0.3, 0.4) is 0 Å². The van der Waals surface area contributed by atoms with Crippen molar-refractivity contribution in [2.45, 2.75) is 13.3 Å². The molecule has 1 unspecified atom stereocenters. The number of nitrogens with zero attached hydrogens (tertiary/aromatic N) is 1. The molecule has 18 heavy (non-hydrogen) atoms. The Morgan fingerprint density at radius 2 is 2.33 bits per heavy atom. The molecule has 1 fully saturated rings. The first-order valence-electron chi connectivity index (χ1n) is 6.05. The van der Waals surface area contributed by atoms with Crippen molar-refractivity contribution in [2.24, 2.45) is 5.92 Å². The number of likely N-dealkylation sites (tertiary alicyclic amines) is 1. The third kappa shape index (κ3) is 1.81. The minimum absolute atomic E-state index is 0.00472. The number of hydrogen-bond acceptors (Lipinski definition) is 3. The van der Waals surface area contributed by atoms with Crippen LogP contribution < -0.4 is 5.76 Å². The van der Waals surface area contributed by atoms with Crippen LogP contribution in [-0.4, -0.2) is 28.9 Å². The fourth-order valence-electron chi connectivity index (χ4n) is 2.38. The Balaban J connectivity index is 1.93. The van der Waals surface area contributed by atoms with Crippen molar-refractivity contribution in [1.82, 2.24) is 9.88 Å². The van der Waals surface area contributed by atoms with Crippen LogP contribution in [0.5, 0.6) is 0 Å². The molecule has 0 saturated carbocycles. The molecule has 0 spiro atoms. The molecule has 5 heteroatoms. The summed E-state index contributed by atoms with van der Waals surface area (Å²) in [5.41, 5.74) is 1.61. The van der Waals surface area contributed by atoms with E-state index in [0.717, 1.165) is 19.5 Å². The zero-order valence-electron chi connectivity index (χ0n) is 10.1. The van der Waals surface area contributed by atoms with Gasteiger partial charge in [0.1, 0.15) is 0 Å². The van der Waals surface area contributed by atoms with E-state index in [1.165, 1.54) is 0 Å². The Morgan fingerprint density at radius 3 is 3.06 bits per heavy atom. The van der Waals surface area contributed by atoms with Gasteiger partial charge in [-0.05, 0) is 30.5 Å². The zero-order valence-corrected chi connectivity index (χ0v) is 10.1. The van der Waals surface area contributed by atoms with Gasteiger partial charge >= 0.3 is 5.76 Å². The second kappa shape index (κ2) is 4.01. The van der Waals surface area contributed by atoms with Crippen molar-refractivity contribution >= 4 is 17.0 Å². The lowest BCUT2D eigenvalue weighted by Gasteiger charge is -2.15. The SMILES string of the molecule is CC1CCN(C(=O)c2ccc3[nH]c(=O)oc3c2)C1. The summed E-state index contributed by atoms with van der Waals surface area (Å²) in [6.45, 7) is 3.74. The first kappa shape index (κ1) is 11.1. The van der Waals surface area contributed by atoms with E-state index in [1.807, 2.05) is 4.90 Å². The number of H-pyrrole nitrogens is 1. The van der Waals surface area contributed by atoms with Crippen molar-refractivity contribution in [3.05, 3.63) is 34.3 Å². The number of hydrogen-bond donors (Lipinski definition) is 1. The van der Waals surface area contributed by atoms with Crippen molar-refractivity contribution < 1.29 is 9.21 Å². The summed E-state index contributed by atoms with van der Waals surface area (Å²) in [5.74, 6) is 0.0670. The second-order valence-electron chi connectivity index (χ2n) is 4.87. The molecular weight excluding hydrogens is 232 g/mol. The Morgan fingerprint density at radius 1 is 1.50 bits per heavy atom. The van der Waals surface area contributed by atoms with Gasteiger partial charge < -0.3 is 9.32 Å². The van der Waals surface area contributed by atoms with Gasteiger partial charge in [-0.1, -0.05) is 6.92 Å². The second-order valence-corrected chi connectivity index (χ2v) is 4.87. The number of aromatic amines is 1. The normalized spacial score (nSPS) is 19.6. The smallest absolute Gasteiger partial charge is 0.408 e. The average molecular weight is 246 g/mol. The first-order chi connectivity index (χ1) is 8.63. The number of oxazole rings is 1. The topological polar surface area (TPSA) is 66.3 Å². The van der Waals surface area contributed by atoms with Crippen molar-refractivity contribution in [3.8, 4) is 0 Å². The summed E-state index contributed by atoms with van der Waals surface area (Å²) < 4.78 is 4.96. The number of benzene rings is 1. The summed E-state index contributed by atoms with van der Waals surface area (Å²) in [4.78, 5) is 27.7. The van der Waals surface area contributed by atoms with Crippen LogP contribution in [0.25, 0.3) is 11.1 Å². The highest BCUT2D eigenvalue weighted by atomic mass is 16.4. The van der Waals surface area contributed by atoms with Gasteiger partial charge in [-0.25, -0.2) is 4.79 Å². The molecule has 2 heterocycles. The monoisotopic (exact) mass is 246 g/mol. The van der Waals surface area contributed by atoms with E-state index in [2.05, 4.69) is 11.9 Å². The van der Waals surface area contributed by atoms with Gasteiger partial charge in [0, 0.05) is 18.7 Å². The number of rotatable bonds is 1. The van der Waals surface area contributed by atoms with Gasteiger partial charge in [0.15, 0.2) is 5.58 Å². The lowest BCUT2D eigenvalue weighted by atomic mass is 10.1. The first-order valence-corrected chi connectivity index (χ1v) is 6.05. The minimum atomic E-state index is -0.496. The van der Waals surface area contributed by atoms with Crippen LogP contribution in [0, 0.1) is 5.92 Å². The van der Waals surface area contributed by atoms with Gasteiger partial charge in [0.05, 0.1) is 5.52 Å². The van der Waals surface area contributed by atoms with Crippen LogP contribution in [0.1, 0.15) is 23.7 Å². The van der Waals surface area contributed by atoms with E-state index >= 15 is 0 Å². The van der Waals surface area contributed by atoms with E-state index in [0.29, 0.717) is 22.6 Å². The molecule has 0 aliphatic carbocycles. The fraction of sp³-hybridized carbons (Fsp3) is 0.385. The van der Waals surface area contributed by atoms with Gasteiger partial charge in [-0.3, -0.25) is 9.78 Å². The predicted molar refractivity (Wildman–Crippen MR) is 66.5 cm³/mol. The van der Waals surface area contributed by atoms with Gasteiger partial charge in [-0.15, -0.1) is 0 Å². The van der Waals surface area contributed by atoms with E-state index in [-0.39, 0.29) is 5.91 Å². The maximum Gasteiger partial charge on any atom is 0.417 e. The molecule has 3 rings (SSSR count). The highest BCUT2D eigenvalue weighted by molar-refractivity contribution is 5.97. The van der Waals surface area contributed by atoms with Crippen LogP contribution in [-0.2, 0) is 0 Å². The molecule has 5 nitrogen and oxygen atoms in total. The number of amides is 1. The minimum Gasteiger partial charge on any atom is -0.408 e. The van der Waals surface area contributed by atoms with Crippen molar-refractivity contribution in [1.29, 1.82) is 0 Å². The Hall–Kier alpha value is -2.04. The molecule has 1 N–H and O–H groups in total. The summed E-state index contributed by atoms with van der Waals surface area (Å²) >= 11 is 0. The van der Waals surface area contributed by atoms with E-state index < -0.39 is 5.76 Å². The third-order valence-electron chi connectivity index (χ3n) is 3.38.